The van der Waals surface area contributed by atoms with Crippen molar-refractivity contribution in [2.24, 2.45) is 5.41 Å². The molecule has 19 heavy (non-hydrogen) atoms. The molecular formula is C14H20BrNO3. The maximum Gasteiger partial charge on any atom is 0.251 e. The fourth-order valence-electron chi connectivity index (χ4n) is 1.45. The molecule has 0 aliphatic carbocycles. The molecule has 4 nitrogen and oxygen atoms in total. The quantitative estimate of drug-likeness (QED) is 0.816. The molecule has 5 heteroatoms. The third-order valence-corrected chi connectivity index (χ3v) is 4.25. The van der Waals surface area contributed by atoms with Crippen LogP contribution in [0.15, 0.2) is 18.2 Å². The monoisotopic (exact) mass is 329 g/mol. The third-order valence-electron chi connectivity index (χ3n) is 2.73. The summed E-state index contributed by atoms with van der Waals surface area (Å²) in [5.74, 6) is 1.05. The van der Waals surface area contributed by atoms with E-state index in [1.165, 1.54) is 0 Å². The van der Waals surface area contributed by atoms with Crippen LogP contribution in [0.1, 0.15) is 24.2 Å². The average molecular weight is 330 g/mol. The zero-order valence-corrected chi connectivity index (χ0v) is 13.3. The van der Waals surface area contributed by atoms with Gasteiger partial charge in [-0.2, -0.15) is 0 Å². The molecule has 0 aromatic heterocycles. The summed E-state index contributed by atoms with van der Waals surface area (Å²) in [6.07, 6.45) is 0. The Bertz CT molecular complexity index is 446. The summed E-state index contributed by atoms with van der Waals surface area (Å²) in [7, 11) is 3.11. The predicted octanol–water partition coefficient (Wildman–Crippen LogP) is 2.85. The summed E-state index contributed by atoms with van der Waals surface area (Å²) in [5, 5.41) is 3.74. The molecule has 0 radical (unpaired) electrons. The van der Waals surface area contributed by atoms with Crippen molar-refractivity contribution in [3.63, 3.8) is 0 Å². The average Bonchev–Trinajstić information content (AvgIpc) is 2.44. The number of nitrogens with one attached hydrogen (secondary N) is 1. The van der Waals surface area contributed by atoms with Crippen LogP contribution in [-0.4, -0.2) is 32.0 Å². The lowest BCUT2D eigenvalue weighted by atomic mass is 9.97. The van der Waals surface area contributed by atoms with Gasteiger partial charge in [-0.05, 0) is 23.6 Å². The van der Waals surface area contributed by atoms with Gasteiger partial charge < -0.3 is 14.8 Å². The van der Waals surface area contributed by atoms with Crippen LogP contribution >= 0.6 is 15.9 Å². The summed E-state index contributed by atoms with van der Waals surface area (Å²) < 4.78 is 10.3. The van der Waals surface area contributed by atoms with Gasteiger partial charge in [0, 0.05) is 17.4 Å². The van der Waals surface area contributed by atoms with Crippen molar-refractivity contribution >= 4 is 21.8 Å². The molecule has 0 saturated heterocycles. The molecule has 0 heterocycles. The fraction of sp³-hybridized carbons (Fsp3) is 0.500. The lowest BCUT2D eigenvalue weighted by Crippen LogP contribution is -2.34. The van der Waals surface area contributed by atoms with Crippen molar-refractivity contribution in [3.8, 4) is 11.5 Å². The van der Waals surface area contributed by atoms with Gasteiger partial charge in [-0.25, -0.2) is 0 Å². The molecule has 1 aromatic carbocycles. The minimum absolute atomic E-state index is 0.0201. The second-order valence-electron chi connectivity index (χ2n) is 5.05. The van der Waals surface area contributed by atoms with Crippen LogP contribution < -0.4 is 14.8 Å². The van der Waals surface area contributed by atoms with E-state index in [9.17, 15) is 4.79 Å². The zero-order valence-electron chi connectivity index (χ0n) is 11.7. The number of benzene rings is 1. The smallest absolute Gasteiger partial charge is 0.251 e. The minimum Gasteiger partial charge on any atom is -0.493 e. The van der Waals surface area contributed by atoms with Crippen LogP contribution in [0.4, 0.5) is 0 Å². The van der Waals surface area contributed by atoms with Gasteiger partial charge in [0.2, 0.25) is 0 Å². The number of hydrogen-bond donors (Lipinski definition) is 1. The Kier molecular flexibility index (Phi) is 5.66. The van der Waals surface area contributed by atoms with E-state index in [2.05, 4.69) is 35.1 Å². The van der Waals surface area contributed by atoms with Gasteiger partial charge in [0.25, 0.3) is 5.91 Å². The highest BCUT2D eigenvalue weighted by Crippen LogP contribution is 2.27. The van der Waals surface area contributed by atoms with Crippen molar-refractivity contribution in [2.75, 3.05) is 26.1 Å². The van der Waals surface area contributed by atoms with E-state index in [0.29, 0.717) is 23.6 Å². The normalized spacial score (nSPS) is 11.0. The summed E-state index contributed by atoms with van der Waals surface area (Å²) in [6.45, 7) is 4.76. The van der Waals surface area contributed by atoms with E-state index in [-0.39, 0.29) is 11.3 Å². The molecule has 1 rings (SSSR count). The first kappa shape index (κ1) is 15.8. The van der Waals surface area contributed by atoms with Crippen LogP contribution in [0, 0.1) is 5.41 Å². The van der Waals surface area contributed by atoms with Crippen LogP contribution in [0.5, 0.6) is 11.5 Å². The van der Waals surface area contributed by atoms with Crippen molar-refractivity contribution < 1.29 is 14.3 Å². The lowest BCUT2D eigenvalue weighted by molar-refractivity contribution is 0.0940. The van der Waals surface area contributed by atoms with Crippen LogP contribution in [0.25, 0.3) is 0 Å². The number of rotatable bonds is 6. The molecule has 0 saturated carbocycles. The molecule has 0 unspecified atom stereocenters. The van der Waals surface area contributed by atoms with Gasteiger partial charge in [-0.3, -0.25) is 4.79 Å². The van der Waals surface area contributed by atoms with Crippen LogP contribution in [0.2, 0.25) is 0 Å². The van der Waals surface area contributed by atoms with E-state index in [1.54, 1.807) is 32.4 Å². The summed E-state index contributed by atoms with van der Waals surface area (Å²) in [4.78, 5) is 12.1. The van der Waals surface area contributed by atoms with E-state index in [0.717, 1.165) is 5.33 Å². The molecule has 1 N–H and O–H groups in total. The summed E-state index contributed by atoms with van der Waals surface area (Å²) in [6, 6.07) is 5.12. The number of carbonyl (C=O) groups is 1. The first-order chi connectivity index (χ1) is 8.93. The van der Waals surface area contributed by atoms with E-state index in [1.807, 2.05) is 0 Å². The van der Waals surface area contributed by atoms with Gasteiger partial charge in [0.1, 0.15) is 0 Å². The highest BCUT2D eigenvalue weighted by Gasteiger charge is 2.18. The molecular weight excluding hydrogens is 310 g/mol. The molecule has 1 aromatic rings. The maximum atomic E-state index is 12.1. The topological polar surface area (TPSA) is 47.6 Å². The molecule has 106 valence electrons. The molecule has 0 bridgehead atoms. The van der Waals surface area contributed by atoms with Gasteiger partial charge in [0.05, 0.1) is 14.2 Å². The van der Waals surface area contributed by atoms with Gasteiger partial charge in [-0.15, -0.1) is 0 Å². The summed E-state index contributed by atoms with van der Waals surface area (Å²) >= 11 is 3.43. The second kappa shape index (κ2) is 6.80. The van der Waals surface area contributed by atoms with E-state index in [4.69, 9.17) is 9.47 Å². The second-order valence-corrected chi connectivity index (χ2v) is 5.61. The van der Waals surface area contributed by atoms with Crippen LogP contribution in [-0.2, 0) is 0 Å². The Morgan fingerprint density at radius 1 is 1.26 bits per heavy atom. The number of methoxy groups -OCH3 is 2. The number of halogens is 1. The highest BCUT2D eigenvalue weighted by atomic mass is 79.9. The Hall–Kier alpha value is -1.23. The molecule has 1 amide bonds. The predicted molar refractivity (Wildman–Crippen MR) is 79.5 cm³/mol. The number of ether oxygens (including phenoxy) is 2. The van der Waals surface area contributed by atoms with Crippen molar-refractivity contribution in [1.29, 1.82) is 0 Å². The Labute approximate surface area is 122 Å². The van der Waals surface area contributed by atoms with Gasteiger partial charge >= 0.3 is 0 Å². The largest absolute Gasteiger partial charge is 0.493 e. The van der Waals surface area contributed by atoms with Crippen molar-refractivity contribution in [1.82, 2.24) is 5.32 Å². The lowest BCUT2D eigenvalue weighted by Gasteiger charge is -2.22. The molecule has 0 aliphatic heterocycles. The molecule has 0 spiro atoms. The summed E-state index contributed by atoms with van der Waals surface area (Å²) in [5.41, 5.74) is 0.578. The maximum absolute atomic E-state index is 12.1. The molecule has 0 atom stereocenters. The van der Waals surface area contributed by atoms with E-state index >= 15 is 0 Å². The number of carbonyl (C=O) groups excluding carboxylic acids is 1. The highest BCUT2D eigenvalue weighted by molar-refractivity contribution is 9.09. The van der Waals surface area contributed by atoms with Crippen LogP contribution in [0.3, 0.4) is 0 Å². The van der Waals surface area contributed by atoms with Crippen molar-refractivity contribution in [3.05, 3.63) is 23.8 Å². The molecule has 0 aliphatic rings. The number of amides is 1. The Balaban J connectivity index is 2.78. The number of hydrogen-bond acceptors (Lipinski definition) is 3. The fourth-order valence-corrected chi connectivity index (χ4v) is 1.64. The Morgan fingerprint density at radius 3 is 2.42 bits per heavy atom. The first-order valence-corrected chi connectivity index (χ1v) is 7.12. The zero-order chi connectivity index (χ0) is 14.5. The minimum atomic E-state index is -0.116. The Morgan fingerprint density at radius 2 is 1.89 bits per heavy atom. The molecule has 0 fully saturated rings. The van der Waals surface area contributed by atoms with Crippen molar-refractivity contribution in [2.45, 2.75) is 13.8 Å². The SMILES string of the molecule is COc1ccc(C(=O)NCC(C)(C)CBr)cc1OC. The number of alkyl halides is 1. The van der Waals surface area contributed by atoms with Gasteiger partial charge in [0.15, 0.2) is 11.5 Å². The van der Waals surface area contributed by atoms with E-state index < -0.39 is 0 Å². The first-order valence-electron chi connectivity index (χ1n) is 5.99. The van der Waals surface area contributed by atoms with Gasteiger partial charge in [-0.1, -0.05) is 29.8 Å². The third kappa shape index (κ3) is 4.42. The standard InChI is InChI=1S/C14H20BrNO3/c1-14(2,8-15)9-16-13(17)10-5-6-11(18-3)12(7-10)19-4/h5-7H,8-9H2,1-4H3,(H,16,17).